The molecule has 1 rings (SSSR count). The lowest BCUT2D eigenvalue weighted by molar-refractivity contribution is -0.139. The van der Waals surface area contributed by atoms with E-state index in [1.165, 1.54) is 12.1 Å². The Labute approximate surface area is 102 Å². The van der Waals surface area contributed by atoms with Gasteiger partial charge in [-0.2, -0.15) is 13.2 Å². The molecule has 0 saturated heterocycles. The van der Waals surface area contributed by atoms with Crippen LogP contribution in [0.1, 0.15) is 25.0 Å². The third kappa shape index (κ3) is 4.83. The predicted octanol–water partition coefficient (Wildman–Crippen LogP) is 3.72. The summed E-state index contributed by atoms with van der Waals surface area (Å²) in [6.07, 6.45) is -5.95. The summed E-state index contributed by atoms with van der Waals surface area (Å²) in [5.74, 6) is 0.181. The third-order valence-electron chi connectivity index (χ3n) is 2.08. The second kappa shape index (κ2) is 5.60. The minimum Gasteiger partial charge on any atom is -0.492 e. The highest BCUT2D eigenvalue weighted by Gasteiger charge is 2.26. The Kier molecular flexibility index (Phi) is 4.65. The average molecular weight is 269 g/mol. The van der Waals surface area contributed by atoms with Crippen LogP contribution in [0.4, 0.5) is 13.2 Å². The predicted molar refractivity (Wildman–Crippen MR) is 58.3 cm³/mol. The zero-order chi connectivity index (χ0) is 13.1. The van der Waals surface area contributed by atoms with Crippen molar-refractivity contribution in [1.82, 2.24) is 0 Å². The van der Waals surface area contributed by atoms with Crippen LogP contribution in [0.2, 0.25) is 5.02 Å². The molecule has 0 aliphatic carbocycles. The number of aliphatic hydroxyl groups excluding tert-OH is 1. The SMILES string of the molecule is C[C@H](O)c1ccc(OCCC(F)(F)F)c(Cl)c1. The maximum absolute atomic E-state index is 11.9. The molecule has 0 aliphatic heterocycles. The van der Waals surface area contributed by atoms with Crippen molar-refractivity contribution >= 4 is 11.6 Å². The Morgan fingerprint density at radius 3 is 2.53 bits per heavy atom. The van der Waals surface area contributed by atoms with Crippen LogP contribution < -0.4 is 4.74 Å². The first-order valence-electron chi connectivity index (χ1n) is 4.96. The van der Waals surface area contributed by atoms with E-state index in [-0.39, 0.29) is 10.8 Å². The van der Waals surface area contributed by atoms with Crippen LogP contribution in [0.15, 0.2) is 18.2 Å². The molecule has 0 spiro atoms. The molecule has 0 aromatic heterocycles. The van der Waals surface area contributed by atoms with E-state index in [4.69, 9.17) is 16.3 Å². The fraction of sp³-hybridized carbons (Fsp3) is 0.455. The van der Waals surface area contributed by atoms with E-state index in [9.17, 15) is 18.3 Å². The maximum Gasteiger partial charge on any atom is 0.392 e. The molecule has 0 bridgehead atoms. The standard InChI is InChI=1S/C11H12ClF3O2/c1-7(16)8-2-3-10(9(12)6-8)17-5-4-11(13,14)15/h2-3,6-7,16H,4-5H2,1H3/t7-/m0/s1. The van der Waals surface area contributed by atoms with Gasteiger partial charge in [-0.3, -0.25) is 0 Å². The first-order chi connectivity index (χ1) is 7.79. The lowest BCUT2D eigenvalue weighted by Crippen LogP contribution is -2.13. The van der Waals surface area contributed by atoms with Crippen molar-refractivity contribution in [2.45, 2.75) is 25.6 Å². The van der Waals surface area contributed by atoms with E-state index >= 15 is 0 Å². The highest BCUT2D eigenvalue weighted by atomic mass is 35.5. The largest absolute Gasteiger partial charge is 0.492 e. The molecule has 17 heavy (non-hydrogen) atoms. The van der Waals surface area contributed by atoms with Crippen molar-refractivity contribution < 1.29 is 23.0 Å². The number of halogens is 4. The summed E-state index contributed by atoms with van der Waals surface area (Å²) in [6, 6.07) is 4.47. The summed E-state index contributed by atoms with van der Waals surface area (Å²) in [5, 5.41) is 9.46. The number of alkyl halides is 3. The lowest BCUT2D eigenvalue weighted by Gasteiger charge is -2.11. The zero-order valence-corrected chi connectivity index (χ0v) is 9.85. The van der Waals surface area contributed by atoms with E-state index in [1.807, 2.05) is 0 Å². The summed E-state index contributed by atoms with van der Waals surface area (Å²) < 4.78 is 40.6. The Balaban J connectivity index is 2.61. The van der Waals surface area contributed by atoms with Gasteiger partial charge in [0, 0.05) is 0 Å². The normalized spacial score (nSPS) is 13.5. The first-order valence-corrected chi connectivity index (χ1v) is 5.34. The quantitative estimate of drug-likeness (QED) is 0.902. The summed E-state index contributed by atoms with van der Waals surface area (Å²) in [5.41, 5.74) is 0.582. The van der Waals surface area contributed by atoms with Crippen LogP contribution in [-0.4, -0.2) is 17.9 Å². The molecular formula is C11H12ClF3O2. The van der Waals surface area contributed by atoms with Gasteiger partial charge in [0.15, 0.2) is 0 Å². The van der Waals surface area contributed by atoms with Crippen LogP contribution >= 0.6 is 11.6 Å². The Morgan fingerprint density at radius 2 is 2.06 bits per heavy atom. The fourth-order valence-electron chi connectivity index (χ4n) is 1.17. The van der Waals surface area contributed by atoms with Gasteiger partial charge in [0.25, 0.3) is 0 Å². The van der Waals surface area contributed by atoms with Crippen LogP contribution in [0.3, 0.4) is 0 Å². The molecule has 0 aliphatic rings. The van der Waals surface area contributed by atoms with E-state index in [0.29, 0.717) is 5.56 Å². The monoisotopic (exact) mass is 268 g/mol. The third-order valence-corrected chi connectivity index (χ3v) is 2.38. The van der Waals surface area contributed by atoms with Crippen molar-refractivity contribution in [2.24, 2.45) is 0 Å². The molecule has 1 atom stereocenters. The molecule has 1 aromatic rings. The second-order valence-corrected chi connectivity index (χ2v) is 3.99. The minimum absolute atomic E-state index is 0.181. The van der Waals surface area contributed by atoms with E-state index in [1.54, 1.807) is 13.0 Å². The van der Waals surface area contributed by atoms with Gasteiger partial charge in [0.2, 0.25) is 0 Å². The van der Waals surface area contributed by atoms with Gasteiger partial charge in [0.1, 0.15) is 5.75 Å². The lowest BCUT2D eigenvalue weighted by atomic mass is 10.1. The van der Waals surface area contributed by atoms with Crippen molar-refractivity contribution in [3.8, 4) is 5.75 Å². The molecule has 0 amide bonds. The molecule has 1 N–H and O–H groups in total. The zero-order valence-electron chi connectivity index (χ0n) is 9.09. The number of ether oxygens (including phenoxy) is 1. The highest BCUT2D eigenvalue weighted by Crippen LogP contribution is 2.28. The molecule has 2 nitrogen and oxygen atoms in total. The number of hydrogen-bond donors (Lipinski definition) is 1. The van der Waals surface area contributed by atoms with Crippen LogP contribution in [0.5, 0.6) is 5.75 Å². The first kappa shape index (κ1) is 14.1. The summed E-state index contributed by atoms with van der Waals surface area (Å²) >= 11 is 5.81. The maximum atomic E-state index is 11.9. The van der Waals surface area contributed by atoms with Crippen LogP contribution in [0.25, 0.3) is 0 Å². The van der Waals surface area contributed by atoms with Gasteiger partial charge in [-0.25, -0.2) is 0 Å². The fourth-order valence-corrected chi connectivity index (χ4v) is 1.41. The smallest absolute Gasteiger partial charge is 0.392 e. The van der Waals surface area contributed by atoms with Crippen molar-refractivity contribution in [3.63, 3.8) is 0 Å². The molecule has 96 valence electrons. The van der Waals surface area contributed by atoms with Gasteiger partial charge in [0.05, 0.1) is 24.2 Å². The van der Waals surface area contributed by atoms with Gasteiger partial charge in [-0.1, -0.05) is 17.7 Å². The average Bonchev–Trinajstić information content (AvgIpc) is 2.18. The van der Waals surface area contributed by atoms with Crippen molar-refractivity contribution in [2.75, 3.05) is 6.61 Å². The van der Waals surface area contributed by atoms with Crippen molar-refractivity contribution in [1.29, 1.82) is 0 Å². The summed E-state index contributed by atoms with van der Waals surface area (Å²) in [6.45, 7) is 1.09. The van der Waals surface area contributed by atoms with Crippen LogP contribution in [0, 0.1) is 0 Å². The molecular weight excluding hydrogens is 257 g/mol. The molecule has 0 saturated carbocycles. The summed E-state index contributed by atoms with van der Waals surface area (Å²) in [7, 11) is 0. The van der Waals surface area contributed by atoms with E-state index in [0.717, 1.165) is 0 Å². The van der Waals surface area contributed by atoms with Crippen LogP contribution in [-0.2, 0) is 0 Å². The molecule has 0 radical (unpaired) electrons. The minimum atomic E-state index is -4.24. The Morgan fingerprint density at radius 1 is 1.41 bits per heavy atom. The number of benzene rings is 1. The van der Waals surface area contributed by atoms with Crippen molar-refractivity contribution in [3.05, 3.63) is 28.8 Å². The second-order valence-electron chi connectivity index (χ2n) is 3.58. The number of rotatable bonds is 4. The van der Waals surface area contributed by atoms with E-state index in [2.05, 4.69) is 0 Å². The highest BCUT2D eigenvalue weighted by molar-refractivity contribution is 6.32. The molecule has 1 aromatic carbocycles. The van der Waals surface area contributed by atoms with Gasteiger partial charge < -0.3 is 9.84 Å². The Hall–Kier alpha value is -0.940. The Bertz CT molecular complexity index is 377. The molecule has 0 unspecified atom stereocenters. The number of aliphatic hydroxyl groups is 1. The van der Waals surface area contributed by atoms with E-state index < -0.39 is 25.3 Å². The number of hydrogen-bond acceptors (Lipinski definition) is 2. The molecule has 0 fully saturated rings. The van der Waals surface area contributed by atoms with Gasteiger partial charge in [-0.05, 0) is 24.6 Å². The molecule has 6 heteroatoms. The summed E-state index contributed by atoms with van der Waals surface area (Å²) in [4.78, 5) is 0. The topological polar surface area (TPSA) is 29.5 Å². The molecule has 0 heterocycles. The van der Waals surface area contributed by atoms with Gasteiger partial charge >= 0.3 is 6.18 Å². The van der Waals surface area contributed by atoms with Gasteiger partial charge in [-0.15, -0.1) is 0 Å².